The van der Waals surface area contributed by atoms with Gasteiger partial charge in [0.25, 0.3) is 0 Å². The molecule has 0 unspecified atom stereocenters. The lowest BCUT2D eigenvalue weighted by Gasteiger charge is -2.11. The van der Waals surface area contributed by atoms with E-state index in [-0.39, 0.29) is 23.4 Å². The molecule has 0 aliphatic rings. The van der Waals surface area contributed by atoms with Crippen LogP contribution in [0.25, 0.3) is 0 Å². The Kier molecular flexibility index (Phi) is 5.38. The number of hydrogen-bond donors (Lipinski definition) is 0. The first-order valence-electron chi connectivity index (χ1n) is 5.84. The fourth-order valence-corrected chi connectivity index (χ4v) is 1.92. The predicted octanol–water partition coefficient (Wildman–Crippen LogP) is 3.98. The summed E-state index contributed by atoms with van der Waals surface area (Å²) in [5.74, 6) is 0.908. The Labute approximate surface area is 131 Å². The van der Waals surface area contributed by atoms with Crippen LogP contribution in [0.15, 0.2) is 30.5 Å². The highest BCUT2D eigenvalue weighted by Gasteiger charge is 2.11. The Morgan fingerprint density at radius 2 is 2.10 bits per heavy atom. The maximum atomic E-state index is 11.1. The van der Waals surface area contributed by atoms with E-state index in [9.17, 15) is 4.79 Å². The van der Waals surface area contributed by atoms with Gasteiger partial charge in [0.15, 0.2) is 13.1 Å². The maximum absolute atomic E-state index is 11.1. The van der Waals surface area contributed by atoms with Gasteiger partial charge in [0.05, 0.1) is 10.6 Å². The summed E-state index contributed by atoms with van der Waals surface area (Å²) in [6.45, 7) is 0.0832. The van der Waals surface area contributed by atoms with Crippen LogP contribution in [0, 0.1) is 0 Å². The third-order valence-electron chi connectivity index (χ3n) is 2.44. The lowest BCUT2D eigenvalue weighted by atomic mass is 10.2. The van der Waals surface area contributed by atoms with Crippen LogP contribution >= 0.6 is 23.2 Å². The quantitative estimate of drug-likeness (QED) is 0.593. The van der Waals surface area contributed by atoms with E-state index in [0.717, 1.165) is 0 Å². The molecule has 21 heavy (non-hydrogen) atoms. The van der Waals surface area contributed by atoms with Crippen LogP contribution in [-0.4, -0.2) is 25.2 Å². The molecule has 0 aliphatic carbocycles. The normalized spacial score (nSPS) is 10.2. The first-order valence-corrected chi connectivity index (χ1v) is 6.59. The van der Waals surface area contributed by atoms with E-state index in [0.29, 0.717) is 22.6 Å². The minimum absolute atomic E-state index is 0.0832. The Balaban J connectivity index is 2.30. The molecule has 0 fully saturated rings. The lowest BCUT2D eigenvalue weighted by molar-refractivity contribution is 0.0510. The Hall–Kier alpha value is -1.82. The molecular weight excluding hydrogens is 317 g/mol. The molecule has 0 radical (unpaired) electrons. The van der Waals surface area contributed by atoms with Crippen molar-refractivity contribution in [1.82, 2.24) is 4.98 Å². The van der Waals surface area contributed by atoms with Gasteiger partial charge in [-0.3, -0.25) is 4.79 Å². The summed E-state index contributed by atoms with van der Waals surface area (Å²) >= 11 is 11.8. The zero-order valence-electron chi connectivity index (χ0n) is 11.0. The maximum Gasteiger partial charge on any atom is 0.238 e. The van der Waals surface area contributed by atoms with Crippen LogP contribution in [0.2, 0.25) is 10.0 Å². The first kappa shape index (κ1) is 15.6. The van der Waals surface area contributed by atoms with Crippen molar-refractivity contribution in [3.63, 3.8) is 0 Å². The lowest BCUT2D eigenvalue weighted by Crippen LogP contribution is -2.00. The fraction of sp³-hybridized carbons (Fsp3) is 0.143. The monoisotopic (exact) mass is 327 g/mol. The van der Waals surface area contributed by atoms with Crippen LogP contribution < -0.4 is 9.47 Å². The summed E-state index contributed by atoms with van der Waals surface area (Å²) in [4.78, 5) is 15.0. The number of carbonyl (C=O) groups excluding carboxylic acids is 1. The van der Waals surface area contributed by atoms with E-state index in [1.54, 1.807) is 18.2 Å². The van der Waals surface area contributed by atoms with E-state index in [2.05, 4.69) is 4.98 Å². The molecule has 0 saturated carbocycles. The average molecular weight is 328 g/mol. The molecule has 0 saturated heterocycles. The topological polar surface area (TPSA) is 57.7 Å². The highest BCUT2D eigenvalue weighted by Crippen LogP contribution is 2.32. The number of methoxy groups -OCH3 is 1. The third-order valence-corrected chi connectivity index (χ3v) is 2.91. The van der Waals surface area contributed by atoms with Crippen molar-refractivity contribution in [2.45, 2.75) is 0 Å². The first-order chi connectivity index (χ1) is 10.1. The Morgan fingerprint density at radius 1 is 1.29 bits per heavy atom. The van der Waals surface area contributed by atoms with Gasteiger partial charge in [-0.25, -0.2) is 4.98 Å². The summed E-state index contributed by atoms with van der Waals surface area (Å²) in [5, 5.41) is 0.628. The summed E-state index contributed by atoms with van der Waals surface area (Å²) in [7, 11) is 1.51. The predicted molar refractivity (Wildman–Crippen MR) is 78.7 cm³/mol. The number of rotatable bonds is 6. The number of nitrogens with zero attached hydrogens (tertiary/aromatic N) is 1. The molecule has 1 aromatic carbocycles. The Bertz CT molecular complexity index is 649. The minimum Gasteiger partial charge on any atom is -0.467 e. The van der Waals surface area contributed by atoms with Gasteiger partial charge >= 0.3 is 0 Å². The van der Waals surface area contributed by atoms with E-state index in [4.69, 9.17) is 37.4 Å². The number of benzene rings is 1. The standard InChI is InChI=1S/C14H11Cl2NO4/c1-19-8-20-11-3-2-9(7-18)13(5-11)21-14-12(16)4-10(15)6-17-14/h2-7H,8H2,1H3. The zero-order chi connectivity index (χ0) is 15.2. The van der Waals surface area contributed by atoms with Gasteiger partial charge in [-0.1, -0.05) is 23.2 Å². The van der Waals surface area contributed by atoms with E-state index < -0.39 is 0 Å². The number of ether oxygens (including phenoxy) is 3. The van der Waals surface area contributed by atoms with Crippen LogP contribution in [0.5, 0.6) is 17.4 Å². The summed E-state index contributed by atoms with van der Waals surface area (Å²) < 4.78 is 15.7. The van der Waals surface area contributed by atoms with Gasteiger partial charge in [-0.05, 0) is 18.2 Å². The van der Waals surface area contributed by atoms with Gasteiger partial charge in [-0.15, -0.1) is 0 Å². The van der Waals surface area contributed by atoms with Crippen molar-refractivity contribution in [3.8, 4) is 17.4 Å². The SMILES string of the molecule is COCOc1ccc(C=O)c(Oc2ncc(Cl)cc2Cl)c1. The third kappa shape index (κ3) is 4.07. The molecular formula is C14H11Cl2NO4. The Morgan fingerprint density at radius 3 is 2.76 bits per heavy atom. The highest BCUT2D eigenvalue weighted by atomic mass is 35.5. The summed E-state index contributed by atoms with van der Waals surface area (Å²) in [6.07, 6.45) is 2.06. The minimum atomic E-state index is 0.0832. The van der Waals surface area contributed by atoms with E-state index >= 15 is 0 Å². The summed E-state index contributed by atoms with van der Waals surface area (Å²) in [5.41, 5.74) is 0.340. The van der Waals surface area contributed by atoms with Gasteiger partial charge in [-0.2, -0.15) is 0 Å². The highest BCUT2D eigenvalue weighted by molar-refractivity contribution is 6.35. The molecule has 110 valence electrons. The molecule has 2 rings (SSSR count). The van der Waals surface area contributed by atoms with Crippen LogP contribution in [0.4, 0.5) is 0 Å². The second kappa shape index (κ2) is 7.26. The van der Waals surface area contributed by atoms with Crippen molar-refractivity contribution in [3.05, 3.63) is 46.1 Å². The molecule has 7 heteroatoms. The molecule has 1 heterocycles. The van der Waals surface area contributed by atoms with Gasteiger partial charge in [0.2, 0.25) is 5.88 Å². The summed E-state index contributed by atoms with van der Waals surface area (Å²) in [6, 6.07) is 6.25. The van der Waals surface area contributed by atoms with Crippen molar-refractivity contribution in [2.75, 3.05) is 13.9 Å². The van der Waals surface area contributed by atoms with Gasteiger partial charge in [0, 0.05) is 19.4 Å². The number of aldehydes is 1. The van der Waals surface area contributed by atoms with E-state index in [1.165, 1.54) is 19.4 Å². The molecule has 0 bridgehead atoms. The molecule has 0 N–H and O–H groups in total. The second-order valence-electron chi connectivity index (χ2n) is 3.91. The van der Waals surface area contributed by atoms with Crippen molar-refractivity contribution in [2.24, 2.45) is 0 Å². The average Bonchev–Trinajstić information content (AvgIpc) is 2.48. The molecule has 0 spiro atoms. The number of aromatic nitrogens is 1. The fourth-order valence-electron chi connectivity index (χ4n) is 1.50. The van der Waals surface area contributed by atoms with Crippen LogP contribution in [-0.2, 0) is 4.74 Å². The number of halogens is 2. The van der Waals surface area contributed by atoms with E-state index in [1.807, 2.05) is 0 Å². The molecule has 0 atom stereocenters. The molecule has 2 aromatic rings. The van der Waals surface area contributed by atoms with Crippen molar-refractivity contribution >= 4 is 29.5 Å². The van der Waals surface area contributed by atoms with Crippen molar-refractivity contribution < 1.29 is 19.0 Å². The smallest absolute Gasteiger partial charge is 0.238 e. The van der Waals surface area contributed by atoms with Crippen molar-refractivity contribution in [1.29, 1.82) is 0 Å². The molecule has 0 amide bonds. The molecule has 5 nitrogen and oxygen atoms in total. The second-order valence-corrected chi connectivity index (χ2v) is 4.75. The largest absolute Gasteiger partial charge is 0.467 e. The van der Waals surface area contributed by atoms with Gasteiger partial charge in [0.1, 0.15) is 16.5 Å². The zero-order valence-corrected chi connectivity index (χ0v) is 12.5. The number of pyridine rings is 1. The van der Waals surface area contributed by atoms with Crippen LogP contribution in [0.1, 0.15) is 10.4 Å². The van der Waals surface area contributed by atoms with Gasteiger partial charge < -0.3 is 14.2 Å². The number of hydrogen-bond acceptors (Lipinski definition) is 5. The molecule has 1 aromatic heterocycles. The molecule has 0 aliphatic heterocycles. The number of carbonyl (C=O) groups is 1. The van der Waals surface area contributed by atoms with Crippen LogP contribution in [0.3, 0.4) is 0 Å².